The molecule has 112 valence electrons. The Morgan fingerprint density at radius 1 is 1.43 bits per heavy atom. The van der Waals surface area contributed by atoms with Crippen LogP contribution in [0.2, 0.25) is 0 Å². The van der Waals surface area contributed by atoms with Crippen molar-refractivity contribution in [2.45, 2.75) is 39.7 Å². The van der Waals surface area contributed by atoms with Crippen molar-refractivity contribution in [1.82, 2.24) is 0 Å². The molecule has 0 saturated heterocycles. The molecule has 1 atom stereocenters. The largest absolute Gasteiger partial charge is 0.546 e. The summed E-state index contributed by atoms with van der Waals surface area (Å²) < 4.78 is 10.6. The standard InChI is InChI=1S/C16H18O5/c1-4-5-11-8-14(17)21-15-9(2)13(7-6-12(11)15)20-10(3)16(18)19/h6-8,10H,4-5H2,1-3H3,(H,18,19)/p-1/t10-/m0/s1. The summed E-state index contributed by atoms with van der Waals surface area (Å²) in [7, 11) is 0. The molecule has 5 heteroatoms. The molecule has 0 fully saturated rings. The maximum absolute atomic E-state index is 11.7. The predicted molar refractivity (Wildman–Crippen MR) is 76.3 cm³/mol. The van der Waals surface area contributed by atoms with Gasteiger partial charge in [-0.15, -0.1) is 0 Å². The Morgan fingerprint density at radius 3 is 2.76 bits per heavy atom. The molecule has 5 nitrogen and oxygen atoms in total. The molecular formula is C16H17O5-. The van der Waals surface area contributed by atoms with Gasteiger partial charge in [0.1, 0.15) is 17.4 Å². The molecule has 21 heavy (non-hydrogen) atoms. The summed E-state index contributed by atoms with van der Waals surface area (Å²) >= 11 is 0. The number of fused-ring (bicyclic) bond motifs is 1. The van der Waals surface area contributed by atoms with Gasteiger partial charge in [-0.1, -0.05) is 13.3 Å². The van der Waals surface area contributed by atoms with Crippen LogP contribution < -0.4 is 15.5 Å². The number of hydrogen-bond donors (Lipinski definition) is 0. The van der Waals surface area contributed by atoms with E-state index < -0.39 is 17.7 Å². The van der Waals surface area contributed by atoms with Crippen LogP contribution in [0.4, 0.5) is 0 Å². The van der Waals surface area contributed by atoms with Crippen LogP contribution >= 0.6 is 0 Å². The molecule has 0 unspecified atom stereocenters. The Bertz CT molecular complexity index is 729. The lowest BCUT2D eigenvalue weighted by atomic mass is 10.0. The number of ether oxygens (including phenoxy) is 1. The fourth-order valence-electron chi connectivity index (χ4n) is 2.25. The second-order valence-corrected chi connectivity index (χ2v) is 4.99. The van der Waals surface area contributed by atoms with Gasteiger partial charge < -0.3 is 19.1 Å². The molecular weight excluding hydrogens is 272 g/mol. The van der Waals surface area contributed by atoms with Gasteiger partial charge in [-0.25, -0.2) is 4.79 Å². The van der Waals surface area contributed by atoms with E-state index in [9.17, 15) is 14.7 Å². The summed E-state index contributed by atoms with van der Waals surface area (Å²) in [5.41, 5.74) is 1.55. The van der Waals surface area contributed by atoms with Gasteiger partial charge in [-0.05, 0) is 38.0 Å². The third-order valence-corrected chi connectivity index (χ3v) is 3.35. The lowest BCUT2D eigenvalue weighted by Crippen LogP contribution is -2.37. The maximum atomic E-state index is 11.7. The monoisotopic (exact) mass is 289 g/mol. The van der Waals surface area contributed by atoms with Crippen molar-refractivity contribution in [3.8, 4) is 5.75 Å². The fraction of sp³-hybridized carbons (Fsp3) is 0.375. The predicted octanol–water partition coefficient (Wildman–Crippen LogP) is 1.57. The first-order valence-corrected chi connectivity index (χ1v) is 6.88. The number of aryl methyl sites for hydroxylation is 2. The van der Waals surface area contributed by atoms with Crippen molar-refractivity contribution >= 4 is 16.9 Å². The number of carboxylic acid groups (broad SMARTS) is 1. The number of carboxylic acids is 1. The molecule has 2 aromatic rings. The van der Waals surface area contributed by atoms with E-state index >= 15 is 0 Å². The van der Waals surface area contributed by atoms with Gasteiger partial charge in [0.15, 0.2) is 0 Å². The molecule has 0 saturated carbocycles. The van der Waals surface area contributed by atoms with Crippen molar-refractivity contribution < 1.29 is 19.1 Å². The third-order valence-electron chi connectivity index (χ3n) is 3.35. The molecule has 1 heterocycles. The molecule has 0 N–H and O–H groups in total. The summed E-state index contributed by atoms with van der Waals surface area (Å²) in [6, 6.07) is 4.97. The Hall–Kier alpha value is -2.30. The molecule has 0 aliphatic heterocycles. The number of carbonyl (C=O) groups excluding carboxylic acids is 1. The van der Waals surface area contributed by atoms with Crippen molar-refractivity contribution in [2.24, 2.45) is 0 Å². The normalized spacial score (nSPS) is 12.3. The zero-order chi connectivity index (χ0) is 15.6. The van der Waals surface area contributed by atoms with Gasteiger partial charge >= 0.3 is 5.63 Å². The molecule has 1 aromatic carbocycles. The number of aliphatic carboxylic acids is 1. The maximum Gasteiger partial charge on any atom is 0.336 e. The van der Waals surface area contributed by atoms with Crippen LogP contribution in [0.1, 0.15) is 31.4 Å². The second kappa shape index (κ2) is 5.99. The lowest BCUT2D eigenvalue weighted by Gasteiger charge is -2.18. The third kappa shape index (κ3) is 3.07. The first kappa shape index (κ1) is 15.1. The fourth-order valence-corrected chi connectivity index (χ4v) is 2.25. The summed E-state index contributed by atoms with van der Waals surface area (Å²) in [5, 5.41) is 11.6. The van der Waals surface area contributed by atoms with Crippen LogP contribution in [-0.4, -0.2) is 12.1 Å². The summed E-state index contributed by atoms with van der Waals surface area (Å²) in [5.74, 6) is -0.924. The van der Waals surface area contributed by atoms with E-state index in [-0.39, 0.29) is 0 Å². The van der Waals surface area contributed by atoms with Crippen LogP contribution in [-0.2, 0) is 11.2 Å². The number of benzene rings is 1. The minimum Gasteiger partial charge on any atom is -0.546 e. The molecule has 0 spiro atoms. The van der Waals surface area contributed by atoms with Crippen LogP contribution in [0.25, 0.3) is 11.0 Å². The van der Waals surface area contributed by atoms with Crippen molar-refractivity contribution in [2.75, 3.05) is 0 Å². The molecule has 0 radical (unpaired) electrons. The van der Waals surface area contributed by atoms with E-state index in [1.54, 1.807) is 19.1 Å². The van der Waals surface area contributed by atoms with Gasteiger partial charge in [0.05, 0.1) is 5.97 Å². The first-order valence-electron chi connectivity index (χ1n) is 6.88. The SMILES string of the molecule is CCCc1cc(=O)oc2c(C)c(O[C@@H](C)C(=O)[O-])ccc12. The first-order chi connectivity index (χ1) is 9.93. The highest BCUT2D eigenvalue weighted by Gasteiger charge is 2.13. The molecule has 0 amide bonds. The number of rotatable bonds is 5. The lowest BCUT2D eigenvalue weighted by molar-refractivity contribution is -0.312. The summed E-state index contributed by atoms with van der Waals surface area (Å²) in [6.45, 7) is 5.16. The van der Waals surface area contributed by atoms with Crippen molar-refractivity contribution in [3.05, 3.63) is 39.7 Å². The van der Waals surface area contributed by atoms with Crippen molar-refractivity contribution in [3.63, 3.8) is 0 Å². The van der Waals surface area contributed by atoms with E-state index in [4.69, 9.17) is 9.15 Å². The zero-order valence-corrected chi connectivity index (χ0v) is 12.3. The van der Waals surface area contributed by atoms with Gasteiger partial charge in [0, 0.05) is 17.0 Å². The van der Waals surface area contributed by atoms with Crippen LogP contribution in [0, 0.1) is 6.92 Å². The van der Waals surface area contributed by atoms with E-state index in [2.05, 4.69) is 0 Å². The zero-order valence-electron chi connectivity index (χ0n) is 12.3. The van der Waals surface area contributed by atoms with Crippen LogP contribution in [0.15, 0.2) is 27.4 Å². The number of carbonyl (C=O) groups is 1. The minimum absolute atomic E-state index is 0.371. The topological polar surface area (TPSA) is 79.6 Å². The quantitative estimate of drug-likeness (QED) is 0.781. The summed E-state index contributed by atoms with van der Waals surface area (Å²) in [6.07, 6.45) is 0.612. The van der Waals surface area contributed by atoms with Crippen LogP contribution in [0.5, 0.6) is 5.75 Å². The highest BCUT2D eigenvalue weighted by atomic mass is 16.5. The Kier molecular flexibility index (Phi) is 4.31. The average molecular weight is 289 g/mol. The molecule has 0 aliphatic carbocycles. The smallest absolute Gasteiger partial charge is 0.336 e. The van der Waals surface area contributed by atoms with Crippen molar-refractivity contribution in [1.29, 1.82) is 0 Å². The average Bonchev–Trinajstić information content (AvgIpc) is 2.42. The van der Waals surface area contributed by atoms with Gasteiger partial charge in [0.25, 0.3) is 0 Å². The van der Waals surface area contributed by atoms with Gasteiger partial charge in [-0.2, -0.15) is 0 Å². The molecule has 2 rings (SSSR count). The molecule has 0 aliphatic rings. The van der Waals surface area contributed by atoms with E-state index in [0.717, 1.165) is 23.8 Å². The van der Waals surface area contributed by atoms with E-state index in [1.807, 2.05) is 6.92 Å². The highest BCUT2D eigenvalue weighted by molar-refractivity contribution is 5.85. The number of hydrogen-bond acceptors (Lipinski definition) is 5. The molecule has 0 bridgehead atoms. The minimum atomic E-state index is -1.30. The second-order valence-electron chi connectivity index (χ2n) is 4.99. The van der Waals surface area contributed by atoms with E-state index in [1.165, 1.54) is 13.0 Å². The Labute approximate surface area is 122 Å². The highest BCUT2D eigenvalue weighted by Crippen LogP contribution is 2.29. The Morgan fingerprint density at radius 2 is 2.14 bits per heavy atom. The Balaban J connectivity index is 2.56. The van der Waals surface area contributed by atoms with E-state index in [0.29, 0.717) is 16.9 Å². The summed E-state index contributed by atoms with van der Waals surface area (Å²) in [4.78, 5) is 22.4. The van der Waals surface area contributed by atoms with Crippen LogP contribution in [0.3, 0.4) is 0 Å². The molecule has 1 aromatic heterocycles. The van der Waals surface area contributed by atoms with Gasteiger partial charge in [0.2, 0.25) is 0 Å². The van der Waals surface area contributed by atoms with Gasteiger partial charge in [-0.3, -0.25) is 0 Å².